The molecular formula is C20H20FN3O2. The fourth-order valence-corrected chi connectivity index (χ4v) is 3.31. The van der Waals surface area contributed by atoms with Crippen LogP contribution in [0.25, 0.3) is 11.4 Å². The maximum Gasteiger partial charge on any atom is 0.231 e. The molecular weight excluding hydrogens is 333 g/mol. The molecule has 2 aromatic carbocycles. The number of rotatable bonds is 5. The molecule has 2 heterocycles. The maximum absolute atomic E-state index is 13.0. The molecule has 1 aliphatic heterocycles. The fraction of sp³-hybridized carbons (Fsp3) is 0.300. The number of hydrogen-bond donors (Lipinski definition) is 0. The van der Waals surface area contributed by atoms with Crippen molar-refractivity contribution in [1.82, 2.24) is 15.0 Å². The first kappa shape index (κ1) is 16.7. The van der Waals surface area contributed by atoms with Gasteiger partial charge in [0.15, 0.2) is 0 Å². The van der Waals surface area contributed by atoms with E-state index in [1.54, 1.807) is 7.11 Å². The zero-order chi connectivity index (χ0) is 17.9. The van der Waals surface area contributed by atoms with Crippen LogP contribution in [0.5, 0.6) is 5.75 Å². The van der Waals surface area contributed by atoms with E-state index >= 15 is 0 Å². The molecule has 0 amide bonds. The second kappa shape index (κ2) is 7.25. The van der Waals surface area contributed by atoms with Gasteiger partial charge in [-0.05, 0) is 42.8 Å². The highest BCUT2D eigenvalue weighted by molar-refractivity contribution is 5.56. The SMILES string of the molecule is COc1cccc(-c2noc([C@@H]3CCN(Cc4ccc(F)cc4)C3)n2)c1. The van der Waals surface area contributed by atoms with Crippen LogP contribution in [0.3, 0.4) is 0 Å². The highest BCUT2D eigenvalue weighted by atomic mass is 19.1. The van der Waals surface area contributed by atoms with Gasteiger partial charge in [0, 0.05) is 18.7 Å². The second-order valence-corrected chi connectivity index (χ2v) is 6.54. The number of nitrogens with zero attached hydrogens (tertiary/aromatic N) is 3. The zero-order valence-corrected chi connectivity index (χ0v) is 14.6. The molecule has 0 N–H and O–H groups in total. The van der Waals surface area contributed by atoms with Gasteiger partial charge in [0.1, 0.15) is 11.6 Å². The van der Waals surface area contributed by atoms with Crippen molar-refractivity contribution in [3.8, 4) is 17.1 Å². The van der Waals surface area contributed by atoms with E-state index in [1.165, 1.54) is 12.1 Å². The van der Waals surface area contributed by atoms with Crippen molar-refractivity contribution in [3.63, 3.8) is 0 Å². The van der Waals surface area contributed by atoms with Crippen LogP contribution < -0.4 is 4.74 Å². The Kier molecular flexibility index (Phi) is 4.67. The van der Waals surface area contributed by atoms with Crippen molar-refractivity contribution in [3.05, 3.63) is 65.8 Å². The molecule has 0 radical (unpaired) electrons. The molecule has 0 saturated carbocycles. The Balaban J connectivity index is 1.42. The monoisotopic (exact) mass is 353 g/mol. The lowest BCUT2D eigenvalue weighted by Gasteiger charge is -2.15. The lowest BCUT2D eigenvalue weighted by molar-refractivity contribution is 0.309. The van der Waals surface area contributed by atoms with Crippen LogP contribution >= 0.6 is 0 Å². The standard InChI is InChI=1S/C20H20FN3O2/c1-25-18-4-2-3-15(11-18)19-22-20(26-23-19)16-9-10-24(13-16)12-14-5-7-17(21)8-6-14/h2-8,11,16H,9-10,12-13H2,1H3/t16-/m1/s1. The van der Waals surface area contributed by atoms with E-state index in [4.69, 9.17) is 9.26 Å². The van der Waals surface area contributed by atoms with Gasteiger partial charge in [-0.3, -0.25) is 4.90 Å². The Labute approximate surface area is 151 Å². The van der Waals surface area contributed by atoms with Gasteiger partial charge >= 0.3 is 0 Å². The Morgan fingerprint density at radius 3 is 2.88 bits per heavy atom. The molecule has 4 rings (SSSR count). The normalized spacial score (nSPS) is 17.5. The van der Waals surface area contributed by atoms with Crippen molar-refractivity contribution in [1.29, 1.82) is 0 Å². The molecule has 26 heavy (non-hydrogen) atoms. The van der Waals surface area contributed by atoms with Crippen LogP contribution in [0.1, 0.15) is 23.8 Å². The molecule has 5 nitrogen and oxygen atoms in total. The van der Waals surface area contributed by atoms with Crippen LogP contribution in [-0.4, -0.2) is 35.2 Å². The quantitative estimate of drug-likeness (QED) is 0.697. The van der Waals surface area contributed by atoms with Gasteiger partial charge in [0.05, 0.1) is 13.0 Å². The van der Waals surface area contributed by atoms with Crippen LogP contribution in [0.2, 0.25) is 0 Å². The summed E-state index contributed by atoms with van der Waals surface area (Å²) in [4.78, 5) is 6.91. The summed E-state index contributed by atoms with van der Waals surface area (Å²) in [6.45, 7) is 2.61. The summed E-state index contributed by atoms with van der Waals surface area (Å²) >= 11 is 0. The first-order chi connectivity index (χ1) is 12.7. The second-order valence-electron chi connectivity index (χ2n) is 6.54. The van der Waals surface area contributed by atoms with Crippen LogP contribution in [0, 0.1) is 5.82 Å². The summed E-state index contributed by atoms with van der Waals surface area (Å²) in [7, 11) is 1.63. The molecule has 0 aliphatic carbocycles. The van der Waals surface area contributed by atoms with Gasteiger partial charge in [0.25, 0.3) is 0 Å². The van der Waals surface area contributed by atoms with Crippen LogP contribution in [-0.2, 0) is 6.54 Å². The first-order valence-electron chi connectivity index (χ1n) is 8.66. The Morgan fingerprint density at radius 2 is 2.08 bits per heavy atom. The average Bonchev–Trinajstić information content (AvgIpc) is 3.33. The predicted octanol–water partition coefficient (Wildman–Crippen LogP) is 3.87. The molecule has 1 fully saturated rings. The summed E-state index contributed by atoms with van der Waals surface area (Å²) in [5.74, 6) is 2.03. The third kappa shape index (κ3) is 3.60. The molecule has 6 heteroatoms. The highest BCUT2D eigenvalue weighted by Crippen LogP contribution is 2.29. The lowest BCUT2D eigenvalue weighted by Crippen LogP contribution is -2.19. The summed E-state index contributed by atoms with van der Waals surface area (Å²) in [5, 5.41) is 4.12. The largest absolute Gasteiger partial charge is 0.497 e. The highest BCUT2D eigenvalue weighted by Gasteiger charge is 2.28. The van der Waals surface area contributed by atoms with E-state index in [2.05, 4.69) is 15.0 Å². The number of methoxy groups -OCH3 is 1. The molecule has 3 aromatic rings. The smallest absolute Gasteiger partial charge is 0.231 e. The van der Waals surface area contributed by atoms with Crippen LogP contribution in [0.4, 0.5) is 4.39 Å². The van der Waals surface area contributed by atoms with E-state index in [1.807, 2.05) is 36.4 Å². The molecule has 134 valence electrons. The van der Waals surface area contributed by atoms with Crippen molar-refractivity contribution >= 4 is 0 Å². The van der Waals surface area contributed by atoms with Gasteiger partial charge in [-0.25, -0.2) is 4.39 Å². The van der Waals surface area contributed by atoms with E-state index in [0.29, 0.717) is 11.7 Å². The lowest BCUT2D eigenvalue weighted by atomic mass is 10.1. The number of likely N-dealkylation sites (tertiary alicyclic amines) is 1. The van der Waals surface area contributed by atoms with Crippen molar-refractivity contribution in [2.75, 3.05) is 20.2 Å². The van der Waals surface area contributed by atoms with Crippen molar-refractivity contribution in [2.45, 2.75) is 18.9 Å². The third-order valence-electron chi connectivity index (χ3n) is 4.71. The molecule has 1 aliphatic rings. The minimum absolute atomic E-state index is 0.205. The summed E-state index contributed by atoms with van der Waals surface area (Å²) in [6, 6.07) is 14.3. The predicted molar refractivity (Wildman–Crippen MR) is 95.3 cm³/mol. The van der Waals surface area contributed by atoms with Gasteiger partial charge in [-0.15, -0.1) is 0 Å². The average molecular weight is 353 g/mol. The molecule has 1 saturated heterocycles. The summed E-state index contributed by atoms with van der Waals surface area (Å²) < 4.78 is 23.8. The maximum atomic E-state index is 13.0. The summed E-state index contributed by atoms with van der Waals surface area (Å²) in [5.41, 5.74) is 1.98. The van der Waals surface area contributed by atoms with E-state index in [9.17, 15) is 4.39 Å². The number of hydrogen-bond acceptors (Lipinski definition) is 5. The molecule has 1 aromatic heterocycles. The van der Waals surface area contributed by atoms with Gasteiger partial charge in [0.2, 0.25) is 11.7 Å². The minimum atomic E-state index is -0.205. The molecule has 0 unspecified atom stereocenters. The van der Waals surface area contributed by atoms with Crippen molar-refractivity contribution < 1.29 is 13.7 Å². The van der Waals surface area contributed by atoms with Crippen molar-refractivity contribution in [2.24, 2.45) is 0 Å². The van der Waals surface area contributed by atoms with E-state index in [-0.39, 0.29) is 11.7 Å². The minimum Gasteiger partial charge on any atom is -0.497 e. The Morgan fingerprint density at radius 1 is 1.23 bits per heavy atom. The number of benzene rings is 2. The molecule has 0 spiro atoms. The molecule has 0 bridgehead atoms. The van der Waals surface area contributed by atoms with Gasteiger partial charge < -0.3 is 9.26 Å². The zero-order valence-electron chi connectivity index (χ0n) is 14.6. The Hall–Kier alpha value is -2.73. The number of ether oxygens (including phenoxy) is 1. The summed E-state index contributed by atoms with van der Waals surface area (Å²) in [6.07, 6.45) is 0.973. The first-order valence-corrected chi connectivity index (χ1v) is 8.66. The van der Waals surface area contributed by atoms with E-state index < -0.39 is 0 Å². The number of aromatic nitrogens is 2. The third-order valence-corrected chi connectivity index (χ3v) is 4.71. The van der Waals surface area contributed by atoms with E-state index in [0.717, 1.165) is 42.9 Å². The van der Waals surface area contributed by atoms with Gasteiger partial charge in [-0.1, -0.05) is 29.4 Å². The topological polar surface area (TPSA) is 51.4 Å². The van der Waals surface area contributed by atoms with Crippen LogP contribution in [0.15, 0.2) is 53.1 Å². The molecule has 1 atom stereocenters. The Bertz CT molecular complexity index is 879. The fourth-order valence-electron chi connectivity index (χ4n) is 3.31. The van der Waals surface area contributed by atoms with Gasteiger partial charge in [-0.2, -0.15) is 4.98 Å². The number of halogens is 1.